The molecule has 18 heavy (non-hydrogen) atoms. The molecule has 0 aliphatic heterocycles. The quantitative estimate of drug-likeness (QED) is 0.780. The molecule has 1 unspecified atom stereocenters. The van der Waals surface area contributed by atoms with E-state index in [9.17, 15) is 5.11 Å². The van der Waals surface area contributed by atoms with Crippen molar-refractivity contribution < 1.29 is 5.11 Å². The van der Waals surface area contributed by atoms with E-state index in [4.69, 9.17) is 5.73 Å². The van der Waals surface area contributed by atoms with Gasteiger partial charge in [-0.15, -0.1) is 0 Å². The fourth-order valence-corrected chi connectivity index (χ4v) is 2.35. The minimum atomic E-state index is -0.261. The maximum absolute atomic E-state index is 9.78. The lowest BCUT2D eigenvalue weighted by Crippen LogP contribution is -2.39. The Kier molecular flexibility index (Phi) is 5.83. The molecule has 0 amide bonds. The fourth-order valence-electron chi connectivity index (χ4n) is 2.35. The number of aryl methyl sites for hydroxylation is 1. The molecule has 0 fully saturated rings. The van der Waals surface area contributed by atoms with Gasteiger partial charge in [0.2, 0.25) is 0 Å². The van der Waals surface area contributed by atoms with Gasteiger partial charge in [0.15, 0.2) is 0 Å². The van der Waals surface area contributed by atoms with Crippen LogP contribution < -0.4 is 5.73 Å². The zero-order valence-electron chi connectivity index (χ0n) is 11.9. The lowest BCUT2D eigenvalue weighted by molar-refractivity contribution is 0.183. The van der Waals surface area contributed by atoms with E-state index in [0.29, 0.717) is 12.5 Å². The summed E-state index contributed by atoms with van der Waals surface area (Å²) in [5.41, 5.74) is 8.09. The van der Waals surface area contributed by atoms with Crippen LogP contribution in [0.1, 0.15) is 44.2 Å². The second-order valence-corrected chi connectivity index (χ2v) is 5.79. The van der Waals surface area contributed by atoms with Crippen molar-refractivity contribution in [1.29, 1.82) is 0 Å². The number of aliphatic hydroxyl groups excluding tert-OH is 1. The molecular weight excluding hydrogens is 222 g/mol. The third kappa shape index (κ3) is 3.82. The van der Waals surface area contributed by atoms with Crippen LogP contribution in [0.25, 0.3) is 0 Å². The van der Waals surface area contributed by atoms with Crippen molar-refractivity contribution in [3.63, 3.8) is 0 Å². The first-order valence-corrected chi connectivity index (χ1v) is 6.92. The number of hydrogen-bond donors (Lipinski definition) is 2. The van der Waals surface area contributed by atoms with Crippen LogP contribution in [0, 0.1) is 12.8 Å². The first kappa shape index (κ1) is 15.2. The van der Waals surface area contributed by atoms with Crippen LogP contribution in [-0.2, 0) is 5.41 Å². The highest BCUT2D eigenvalue weighted by molar-refractivity contribution is 5.29. The van der Waals surface area contributed by atoms with E-state index < -0.39 is 0 Å². The molecule has 0 aliphatic carbocycles. The van der Waals surface area contributed by atoms with Crippen LogP contribution in [0.2, 0.25) is 0 Å². The molecule has 3 N–H and O–H groups in total. The first-order chi connectivity index (χ1) is 8.54. The Hall–Kier alpha value is -0.860. The van der Waals surface area contributed by atoms with E-state index in [-0.39, 0.29) is 12.0 Å². The van der Waals surface area contributed by atoms with Crippen molar-refractivity contribution in [3.05, 3.63) is 35.4 Å². The second-order valence-electron chi connectivity index (χ2n) is 5.79. The van der Waals surface area contributed by atoms with Crippen LogP contribution in [-0.4, -0.2) is 18.3 Å². The van der Waals surface area contributed by atoms with Gasteiger partial charge in [0.05, 0.1) is 6.61 Å². The van der Waals surface area contributed by atoms with Crippen molar-refractivity contribution in [1.82, 2.24) is 0 Å². The number of benzene rings is 1. The summed E-state index contributed by atoms with van der Waals surface area (Å²) in [5, 5.41) is 9.78. The predicted molar refractivity (Wildman–Crippen MR) is 77.7 cm³/mol. The van der Waals surface area contributed by atoms with Crippen molar-refractivity contribution >= 4 is 0 Å². The molecule has 1 aromatic rings. The van der Waals surface area contributed by atoms with Gasteiger partial charge in [-0.25, -0.2) is 0 Å². The zero-order chi connectivity index (χ0) is 13.6. The SMILES string of the molecule is Cc1ccc(C(CN)(CO)CCCC(C)C)cc1. The third-order valence-corrected chi connectivity index (χ3v) is 3.79. The van der Waals surface area contributed by atoms with E-state index in [2.05, 4.69) is 45.0 Å². The molecule has 0 aromatic heterocycles. The molecule has 0 saturated carbocycles. The molecule has 1 aromatic carbocycles. The topological polar surface area (TPSA) is 46.2 Å². The molecule has 1 rings (SSSR count). The number of aliphatic hydroxyl groups is 1. The van der Waals surface area contributed by atoms with Crippen molar-refractivity contribution in [2.45, 2.75) is 45.4 Å². The van der Waals surface area contributed by atoms with Crippen molar-refractivity contribution in [2.75, 3.05) is 13.2 Å². The maximum atomic E-state index is 9.78. The summed E-state index contributed by atoms with van der Waals surface area (Å²) in [5.74, 6) is 0.706. The normalized spacial score (nSPS) is 14.8. The van der Waals surface area contributed by atoms with Gasteiger partial charge in [0.1, 0.15) is 0 Å². The highest BCUT2D eigenvalue weighted by atomic mass is 16.3. The molecule has 2 nitrogen and oxygen atoms in total. The molecule has 1 atom stereocenters. The van der Waals surface area contributed by atoms with E-state index >= 15 is 0 Å². The summed E-state index contributed by atoms with van der Waals surface area (Å²) >= 11 is 0. The Morgan fingerprint density at radius 1 is 1.22 bits per heavy atom. The molecule has 2 heteroatoms. The Bertz CT molecular complexity index is 339. The predicted octanol–water partition coefficient (Wildman–Crippen LogP) is 3.01. The second kappa shape index (κ2) is 6.91. The van der Waals surface area contributed by atoms with Gasteiger partial charge < -0.3 is 10.8 Å². The Balaban J connectivity index is 2.81. The van der Waals surface area contributed by atoms with Gasteiger partial charge in [0, 0.05) is 12.0 Å². The van der Waals surface area contributed by atoms with Crippen LogP contribution in [0.3, 0.4) is 0 Å². The van der Waals surface area contributed by atoms with Crippen LogP contribution in [0.4, 0.5) is 0 Å². The minimum absolute atomic E-state index is 0.130. The van der Waals surface area contributed by atoms with Gasteiger partial charge >= 0.3 is 0 Å². The van der Waals surface area contributed by atoms with Crippen molar-refractivity contribution in [3.8, 4) is 0 Å². The van der Waals surface area contributed by atoms with Crippen LogP contribution in [0.5, 0.6) is 0 Å². The van der Waals surface area contributed by atoms with Gasteiger partial charge in [-0.3, -0.25) is 0 Å². The number of rotatable bonds is 7. The van der Waals surface area contributed by atoms with Gasteiger partial charge in [-0.2, -0.15) is 0 Å². The average molecular weight is 249 g/mol. The van der Waals surface area contributed by atoms with E-state index in [0.717, 1.165) is 12.8 Å². The third-order valence-electron chi connectivity index (χ3n) is 3.79. The Morgan fingerprint density at radius 2 is 1.83 bits per heavy atom. The maximum Gasteiger partial charge on any atom is 0.0540 e. The minimum Gasteiger partial charge on any atom is -0.395 e. The summed E-state index contributed by atoms with van der Waals surface area (Å²) in [6.45, 7) is 7.17. The van der Waals surface area contributed by atoms with Crippen LogP contribution in [0.15, 0.2) is 24.3 Å². The smallest absolute Gasteiger partial charge is 0.0540 e. The Morgan fingerprint density at radius 3 is 2.28 bits per heavy atom. The number of nitrogens with two attached hydrogens (primary N) is 1. The molecule has 102 valence electrons. The highest BCUT2D eigenvalue weighted by Crippen LogP contribution is 2.29. The molecule has 0 aliphatic rings. The summed E-state index contributed by atoms with van der Waals surface area (Å²) < 4.78 is 0. The molecule has 0 saturated heterocycles. The van der Waals surface area contributed by atoms with Crippen molar-refractivity contribution in [2.24, 2.45) is 11.7 Å². The summed E-state index contributed by atoms with van der Waals surface area (Å²) in [6.07, 6.45) is 3.26. The fraction of sp³-hybridized carbons (Fsp3) is 0.625. The monoisotopic (exact) mass is 249 g/mol. The standard InChI is InChI=1S/C16H27NO/c1-13(2)5-4-10-16(11-17,12-18)15-8-6-14(3)7-9-15/h6-9,13,18H,4-5,10-12,17H2,1-3H3. The van der Waals surface area contributed by atoms with Gasteiger partial charge in [-0.1, -0.05) is 56.5 Å². The lowest BCUT2D eigenvalue weighted by atomic mass is 9.76. The number of hydrogen-bond acceptors (Lipinski definition) is 2. The van der Waals surface area contributed by atoms with E-state index in [1.807, 2.05) is 0 Å². The van der Waals surface area contributed by atoms with E-state index in [1.54, 1.807) is 0 Å². The summed E-state index contributed by atoms with van der Waals surface area (Å²) in [7, 11) is 0. The Labute approximate surface area is 111 Å². The summed E-state index contributed by atoms with van der Waals surface area (Å²) in [6, 6.07) is 8.40. The molecule has 0 spiro atoms. The lowest BCUT2D eigenvalue weighted by Gasteiger charge is -2.31. The largest absolute Gasteiger partial charge is 0.395 e. The van der Waals surface area contributed by atoms with Gasteiger partial charge in [0.25, 0.3) is 0 Å². The molecule has 0 bridgehead atoms. The highest BCUT2D eigenvalue weighted by Gasteiger charge is 2.29. The average Bonchev–Trinajstić information content (AvgIpc) is 2.36. The first-order valence-electron chi connectivity index (χ1n) is 6.92. The van der Waals surface area contributed by atoms with E-state index in [1.165, 1.54) is 17.5 Å². The van der Waals surface area contributed by atoms with Crippen LogP contribution >= 0.6 is 0 Å². The molecule has 0 radical (unpaired) electrons. The summed E-state index contributed by atoms with van der Waals surface area (Å²) in [4.78, 5) is 0. The van der Waals surface area contributed by atoms with Gasteiger partial charge in [-0.05, 0) is 24.8 Å². The molecule has 0 heterocycles. The zero-order valence-corrected chi connectivity index (χ0v) is 11.9. The molecular formula is C16H27NO.